The summed E-state index contributed by atoms with van der Waals surface area (Å²) in [4.78, 5) is 9.90. The van der Waals surface area contributed by atoms with Crippen LogP contribution in [-0.2, 0) is 16.0 Å². The Kier molecular flexibility index (Phi) is 8.93. The molecular formula is C10H16O2S. The number of aryl methyl sites for hydroxylation is 1. The van der Waals surface area contributed by atoms with Crippen LogP contribution in [-0.4, -0.2) is 20.0 Å². The van der Waals surface area contributed by atoms with Gasteiger partial charge in [-0.2, -0.15) is 11.3 Å². The number of aldehydes is 1. The molecule has 1 heterocycles. The molecule has 0 saturated heterocycles. The van der Waals surface area contributed by atoms with Gasteiger partial charge in [0.1, 0.15) is 6.29 Å². The first-order valence-corrected chi connectivity index (χ1v) is 5.23. The molecule has 0 aromatic carbocycles. The Bertz CT molecular complexity index is 193. The van der Waals surface area contributed by atoms with Crippen LogP contribution in [0.3, 0.4) is 0 Å². The average Bonchev–Trinajstić information content (AvgIpc) is 2.67. The normalized spacial score (nSPS) is 8.77. The second-order valence-electron chi connectivity index (χ2n) is 2.41. The molecule has 0 aliphatic heterocycles. The molecule has 0 N–H and O–H groups in total. The van der Waals surface area contributed by atoms with Crippen molar-refractivity contribution in [2.75, 3.05) is 13.7 Å². The second kappa shape index (κ2) is 9.42. The summed E-state index contributed by atoms with van der Waals surface area (Å²) in [6.45, 7) is 2.78. The van der Waals surface area contributed by atoms with Crippen LogP contribution in [0.4, 0.5) is 0 Å². The van der Waals surface area contributed by atoms with Gasteiger partial charge >= 0.3 is 0 Å². The predicted molar refractivity (Wildman–Crippen MR) is 56.3 cm³/mol. The van der Waals surface area contributed by atoms with Gasteiger partial charge in [-0.05, 0) is 35.7 Å². The third-order valence-electron chi connectivity index (χ3n) is 1.42. The lowest BCUT2D eigenvalue weighted by Gasteiger charge is -1.85. The van der Waals surface area contributed by atoms with Gasteiger partial charge in [-0.3, -0.25) is 0 Å². The van der Waals surface area contributed by atoms with Gasteiger partial charge in [0.2, 0.25) is 0 Å². The number of hydrogen-bond donors (Lipinski definition) is 0. The molecule has 1 rings (SSSR count). The summed E-state index contributed by atoms with van der Waals surface area (Å²) >= 11 is 1.67. The smallest absolute Gasteiger partial charge is 0.120 e. The summed E-state index contributed by atoms with van der Waals surface area (Å²) < 4.78 is 4.54. The zero-order valence-electron chi connectivity index (χ0n) is 8.16. The van der Waals surface area contributed by atoms with Crippen molar-refractivity contribution in [1.29, 1.82) is 0 Å². The molecule has 0 radical (unpaired) electrons. The minimum atomic E-state index is 0.650. The van der Waals surface area contributed by atoms with Crippen molar-refractivity contribution < 1.29 is 9.53 Å². The van der Waals surface area contributed by atoms with E-state index in [1.165, 1.54) is 5.56 Å². The summed E-state index contributed by atoms with van der Waals surface area (Å²) in [5, 5.41) is 4.10. The number of hydrogen-bond acceptors (Lipinski definition) is 3. The first-order chi connectivity index (χ1) is 6.35. The van der Waals surface area contributed by atoms with Crippen LogP contribution in [0.1, 0.15) is 18.9 Å². The maximum Gasteiger partial charge on any atom is 0.120 e. The Hall–Kier alpha value is -0.670. The molecule has 0 bridgehead atoms. The minimum Gasteiger partial charge on any atom is -0.385 e. The van der Waals surface area contributed by atoms with Crippen molar-refractivity contribution in [2.24, 2.45) is 0 Å². The van der Waals surface area contributed by atoms with Crippen LogP contribution in [0.15, 0.2) is 16.8 Å². The number of ether oxygens (including phenoxy) is 1. The zero-order valence-corrected chi connectivity index (χ0v) is 8.97. The summed E-state index contributed by atoms with van der Waals surface area (Å²) in [7, 11) is 1.68. The monoisotopic (exact) mass is 200 g/mol. The minimum absolute atomic E-state index is 0.650. The number of rotatable bonds is 4. The predicted octanol–water partition coefficient (Wildman–Crippen LogP) is 2.53. The van der Waals surface area contributed by atoms with Gasteiger partial charge in [-0.1, -0.05) is 0 Å². The van der Waals surface area contributed by atoms with Crippen molar-refractivity contribution in [2.45, 2.75) is 19.8 Å². The molecule has 0 atom stereocenters. The summed E-state index contributed by atoms with van der Waals surface area (Å²) in [6.07, 6.45) is 2.50. The molecule has 1 aromatic rings. The van der Waals surface area contributed by atoms with Gasteiger partial charge in [0.25, 0.3) is 0 Å². The number of methoxy groups -OCH3 is 1. The number of carbonyl (C=O) groups excluding carboxylic acids is 1. The zero-order chi connectivity index (χ0) is 9.94. The van der Waals surface area contributed by atoms with Gasteiger partial charge in [0.15, 0.2) is 0 Å². The molecule has 3 heteroatoms. The molecule has 0 aliphatic carbocycles. The Labute approximate surface area is 83.5 Å². The molecule has 0 amide bonds. The SMILES string of the molecule is CCOC.O=CCCc1ccsc1. The molecule has 0 saturated carbocycles. The summed E-state index contributed by atoms with van der Waals surface area (Å²) in [6, 6.07) is 2.05. The fourth-order valence-corrected chi connectivity index (χ4v) is 1.36. The van der Waals surface area contributed by atoms with Crippen LogP contribution in [0.2, 0.25) is 0 Å². The van der Waals surface area contributed by atoms with Gasteiger partial charge in [0.05, 0.1) is 0 Å². The third kappa shape index (κ3) is 7.68. The maximum absolute atomic E-state index is 9.90. The quantitative estimate of drug-likeness (QED) is 0.698. The van der Waals surface area contributed by atoms with Gasteiger partial charge in [-0.25, -0.2) is 0 Å². The fraction of sp³-hybridized carbons (Fsp3) is 0.500. The third-order valence-corrected chi connectivity index (χ3v) is 2.15. The van der Waals surface area contributed by atoms with E-state index in [0.717, 1.165) is 19.3 Å². The molecule has 74 valence electrons. The highest BCUT2D eigenvalue weighted by Gasteiger charge is 1.89. The largest absolute Gasteiger partial charge is 0.385 e. The van der Waals surface area contributed by atoms with E-state index < -0.39 is 0 Å². The van der Waals surface area contributed by atoms with Crippen molar-refractivity contribution in [1.82, 2.24) is 0 Å². The molecular weight excluding hydrogens is 184 g/mol. The first-order valence-electron chi connectivity index (χ1n) is 4.28. The molecule has 0 aliphatic rings. The summed E-state index contributed by atoms with van der Waals surface area (Å²) in [5.74, 6) is 0. The number of thiophene rings is 1. The van der Waals surface area contributed by atoms with E-state index in [4.69, 9.17) is 0 Å². The highest BCUT2D eigenvalue weighted by molar-refractivity contribution is 7.07. The molecule has 0 unspecified atom stereocenters. The van der Waals surface area contributed by atoms with Gasteiger partial charge < -0.3 is 9.53 Å². The lowest BCUT2D eigenvalue weighted by Crippen LogP contribution is -1.80. The lowest BCUT2D eigenvalue weighted by molar-refractivity contribution is -0.107. The van der Waals surface area contributed by atoms with E-state index in [1.807, 2.05) is 18.4 Å². The highest BCUT2D eigenvalue weighted by Crippen LogP contribution is 2.06. The van der Waals surface area contributed by atoms with E-state index in [9.17, 15) is 4.79 Å². The topological polar surface area (TPSA) is 26.3 Å². The second-order valence-corrected chi connectivity index (χ2v) is 3.19. The van der Waals surface area contributed by atoms with E-state index in [0.29, 0.717) is 6.42 Å². The Morgan fingerprint density at radius 1 is 1.62 bits per heavy atom. The Morgan fingerprint density at radius 3 is 2.69 bits per heavy atom. The van der Waals surface area contributed by atoms with Crippen molar-refractivity contribution >= 4 is 17.6 Å². The van der Waals surface area contributed by atoms with Gasteiger partial charge in [-0.15, -0.1) is 0 Å². The molecule has 0 spiro atoms. The van der Waals surface area contributed by atoms with Crippen LogP contribution >= 0.6 is 11.3 Å². The standard InChI is InChI=1S/C7H8OS.C3H8O/c8-4-1-2-7-3-5-9-6-7;1-3-4-2/h3-6H,1-2H2;3H2,1-2H3. The van der Waals surface area contributed by atoms with E-state index in [-0.39, 0.29) is 0 Å². The van der Waals surface area contributed by atoms with Crippen LogP contribution in [0.25, 0.3) is 0 Å². The average molecular weight is 200 g/mol. The van der Waals surface area contributed by atoms with Crippen LogP contribution in [0.5, 0.6) is 0 Å². The molecule has 0 fully saturated rings. The summed E-state index contributed by atoms with van der Waals surface area (Å²) in [5.41, 5.74) is 1.27. The van der Waals surface area contributed by atoms with Crippen LogP contribution < -0.4 is 0 Å². The van der Waals surface area contributed by atoms with E-state index >= 15 is 0 Å². The van der Waals surface area contributed by atoms with E-state index in [2.05, 4.69) is 10.1 Å². The van der Waals surface area contributed by atoms with Crippen molar-refractivity contribution in [3.05, 3.63) is 22.4 Å². The van der Waals surface area contributed by atoms with Crippen molar-refractivity contribution in [3.63, 3.8) is 0 Å². The lowest BCUT2D eigenvalue weighted by atomic mass is 10.2. The van der Waals surface area contributed by atoms with E-state index in [1.54, 1.807) is 18.4 Å². The Balaban J connectivity index is 0.000000310. The van der Waals surface area contributed by atoms with Crippen molar-refractivity contribution in [3.8, 4) is 0 Å². The highest BCUT2D eigenvalue weighted by atomic mass is 32.1. The molecule has 2 nitrogen and oxygen atoms in total. The van der Waals surface area contributed by atoms with Gasteiger partial charge in [0, 0.05) is 20.1 Å². The molecule has 1 aromatic heterocycles. The Morgan fingerprint density at radius 2 is 2.31 bits per heavy atom. The fourth-order valence-electron chi connectivity index (χ4n) is 0.660. The first kappa shape index (κ1) is 12.3. The number of carbonyl (C=O) groups is 1. The maximum atomic E-state index is 9.90. The molecule has 13 heavy (non-hydrogen) atoms. The van der Waals surface area contributed by atoms with Crippen LogP contribution in [0, 0.1) is 0 Å².